The first-order valence-corrected chi connectivity index (χ1v) is 8.37. The quantitative estimate of drug-likeness (QED) is 0.765. The molecule has 0 bridgehead atoms. The number of nitrogens with one attached hydrogen (secondary N) is 2. The molecule has 2 N–H and O–H groups in total. The third-order valence-corrected chi connectivity index (χ3v) is 3.80. The smallest absolute Gasteiger partial charge is 0.229 e. The first kappa shape index (κ1) is 17.1. The normalized spacial score (nSPS) is 10.4. The van der Waals surface area contributed by atoms with Crippen molar-refractivity contribution in [1.82, 2.24) is 9.97 Å². The maximum atomic E-state index is 4.49. The van der Waals surface area contributed by atoms with E-state index in [0.29, 0.717) is 5.95 Å². The summed E-state index contributed by atoms with van der Waals surface area (Å²) in [5, 5.41) is 6.59. The fourth-order valence-electron chi connectivity index (χ4n) is 2.46. The topological polar surface area (TPSA) is 53.1 Å². The van der Waals surface area contributed by atoms with Crippen LogP contribution in [0.1, 0.15) is 32.8 Å². The van der Waals surface area contributed by atoms with Crippen molar-refractivity contribution in [2.45, 2.75) is 34.1 Å². The van der Waals surface area contributed by atoms with Gasteiger partial charge in [-0.25, -0.2) is 4.98 Å². The summed E-state index contributed by atoms with van der Waals surface area (Å²) >= 11 is 0. The first-order chi connectivity index (χ1) is 11.2. The zero-order valence-electron chi connectivity index (χ0n) is 14.6. The molecular formula is C18H27N5. The lowest BCUT2D eigenvalue weighted by molar-refractivity contribution is 0.866. The van der Waals surface area contributed by atoms with Gasteiger partial charge in [-0.3, -0.25) is 0 Å². The number of aromatic nitrogens is 2. The molecule has 0 aliphatic heterocycles. The number of hydrogen-bond donors (Lipinski definition) is 2. The van der Waals surface area contributed by atoms with Crippen molar-refractivity contribution < 1.29 is 0 Å². The second-order valence-electron chi connectivity index (χ2n) is 5.49. The number of rotatable bonds is 8. The van der Waals surface area contributed by atoms with Crippen molar-refractivity contribution >= 4 is 23.1 Å². The van der Waals surface area contributed by atoms with Gasteiger partial charge in [-0.15, -0.1) is 0 Å². The van der Waals surface area contributed by atoms with Crippen LogP contribution in [-0.4, -0.2) is 29.6 Å². The van der Waals surface area contributed by atoms with Crippen LogP contribution in [0.3, 0.4) is 0 Å². The fourth-order valence-corrected chi connectivity index (χ4v) is 2.46. The highest BCUT2D eigenvalue weighted by molar-refractivity contribution is 5.64. The summed E-state index contributed by atoms with van der Waals surface area (Å²) in [7, 11) is 0. The Morgan fingerprint density at radius 3 is 2.52 bits per heavy atom. The van der Waals surface area contributed by atoms with Crippen LogP contribution in [0.15, 0.2) is 30.5 Å². The third-order valence-electron chi connectivity index (χ3n) is 3.80. The second-order valence-corrected chi connectivity index (χ2v) is 5.49. The minimum atomic E-state index is 0.616. The zero-order valence-corrected chi connectivity index (χ0v) is 14.6. The van der Waals surface area contributed by atoms with Crippen molar-refractivity contribution in [1.29, 1.82) is 0 Å². The summed E-state index contributed by atoms with van der Waals surface area (Å²) in [4.78, 5) is 11.1. The Labute approximate surface area is 139 Å². The fraction of sp³-hybridized carbons (Fsp3) is 0.444. The Bertz CT molecular complexity index is 623. The van der Waals surface area contributed by atoms with Crippen molar-refractivity contribution in [2.24, 2.45) is 0 Å². The highest BCUT2D eigenvalue weighted by Crippen LogP contribution is 2.24. The lowest BCUT2D eigenvalue weighted by atomic mass is 10.1. The molecule has 1 heterocycles. The zero-order chi connectivity index (χ0) is 16.7. The second kappa shape index (κ2) is 8.36. The van der Waals surface area contributed by atoms with E-state index in [9.17, 15) is 0 Å². The van der Waals surface area contributed by atoms with Crippen LogP contribution in [0.2, 0.25) is 0 Å². The van der Waals surface area contributed by atoms with E-state index in [1.807, 2.05) is 6.07 Å². The summed E-state index contributed by atoms with van der Waals surface area (Å²) in [5.74, 6) is 1.46. The minimum absolute atomic E-state index is 0.616. The van der Waals surface area contributed by atoms with E-state index in [4.69, 9.17) is 0 Å². The molecule has 2 rings (SSSR count). The van der Waals surface area contributed by atoms with Gasteiger partial charge >= 0.3 is 0 Å². The Hall–Kier alpha value is -2.30. The Balaban J connectivity index is 2.14. The van der Waals surface area contributed by atoms with Gasteiger partial charge in [0.2, 0.25) is 5.95 Å². The SMILES string of the molecule is CCCNc1ccnc(Nc2ccc(N(CC)CC)cc2C)n1. The summed E-state index contributed by atoms with van der Waals surface area (Å²) in [6.45, 7) is 11.5. The van der Waals surface area contributed by atoms with Crippen molar-refractivity contribution in [3.63, 3.8) is 0 Å². The Morgan fingerprint density at radius 2 is 1.87 bits per heavy atom. The molecule has 0 aliphatic carbocycles. The number of hydrogen-bond acceptors (Lipinski definition) is 5. The van der Waals surface area contributed by atoms with Crippen LogP contribution in [0.25, 0.3) is 0 Å². The van der Waals surface area contributed by atoms with Gasteiger partial charge in [-0.05, 0) is 57.0 Å². The highest BCUT2D eigenvalue weighted by Gasteiger charge is 2.06. The van der Waals surface area contributed by atoms with Crippen LogP contribution in [-0.2, 0) is 0 Å². The molecule has 5 nitrogen and oxygen atoms in total. The minimum Gasteiger partial charge on any atom is -0.372 e. The lowest BCUT2D eigenvalue weighted by Crippen LogP contribution is -2.21. The Morgan fingerprint density at radius 1 is 1.09 bits per heavy atom. The summed E-state index contributed by atoms with van der Waals surface area (Å²) in [6, 6.07) is 8.33. The molecule has 0 saturated carbocycles. The Kier molecular flexibility index (Phi) is 6.20. The average Bonchev–Trinajstić information content (AvgIpc) is 2.57. The monoisotopic (exact) mass is 313 g/mol. The molecule has 0 spiro atoms. The van der Waals surface area contributed by atoms with E-state index in [1.165, 1.54) is 11.3 Å². The van der Waals surface area contributed by atoms with Gasteiger partial charge in [0.05, 0.1) is 0 Å². The number of anilines is 4. The number of benzene rings is 1. The molecule has 0 aliphatic rings. The predicted octanol–water partition coefficient (Wildman–Crippen LogP) is 4.20. The molecule has 0 atom stereocenters. The van der Waals surface area contributed by atoms with Gasteiger partial charge in [0, 0.05) is 37.2 Å². The highest BCUT2D eigenvalue weighted by atomic mass is 15.1. The molecular weight excluding hydrogens is 286 g/mol. The van der Waals surface area contributed by atoms with Crippen LogP contribution in [0.4, 0.5) is 23.1 Å². The number of nitrogens with zero attached hydrogens (tertiary/aromatic N) is 3. The van der Waals surface area contributed by atoms with Crippen LogP contribution >= 0.6 is 0 Å². The van der Waals surface area contributed by atoms with Crippen LogP contribution in [0, 0.1) is 6.92 Å². The first-order valence-electron chi connectivity index (χ1n) is 8.37. The molecule has 0 saturated heterocycles. The predicted molar refractivity (Wildman–Crippen MR) is 98.8 cm³/mol. The summed E-state index contributed by atoms with van der Waals surface area (Å²) in [6.07, 6.45) is 2.84. The molecule has 0 fully saturated rings. The lowest BCUT2D eigenvalue weighted by Gasteiger charge is -2.22. The van der Waals surface area contributed by atoms with Crippen molar-refractivity contribution in [3.8, 4) is 0 Å². The van der Waals surface area contributed by atoms with E-state index in [-0.39, 0.29) is 0 Å². The van der Waals surface area contributed by atoms with E-state index < -0.39 is 0 Å². The van der Waals surface area contributed by atoms with Crippen LogP contribution < -0.4 is 15.5 Å². The summed E-state index contributed by atoms with van der Waals surface area (Å²) in [5.41, 5.74) is 3.47. The molecule has 23 heavy (non-hydrogen) atoms. The van der Waals surface area contributed by atoms with E-state index >= 15 is 0 Å². The van der Waals surface area contributed by atoms with Gasteiger partial charge < -0.3 is 15.5 Å². The standard InChI is InChI=1S/C18H27N5/c1-5-11-19-17-10-12-20-18(22-17)21-16-9-8-15(13-14(16)4)23(6-2)7-3/h8-10,12-13H,5-7,11H2,1-4H3,(H2,19,20,21,22). The molecule has 0 radical (unpaired) electrons. The molecule has 0 amide bonds. The van der Waals surface area contributed by atoms with E-state index in [0.717, 1.165) is 37.6 Å². The van der Waals surface area contributed by atoms with Gasteiger partial charge in [-0.1, -0.05) is 6.92 Å². The van der Waals surface area contributed by atoms with Crippen molar-refractivity contribution in [2.75, 3.05) is 35.2 Å². The van der Waals surface area contributed by atoms with Gasteiger partial charge in [0.1, 0.15) is 5.82 Å². The molecule has 5 heteroatoms. The molecule has 124 valence electrons. The van der Waals surface area contributed by atoms with Gasteiger partial charge in [0.15, 0.2) is 0 Å². The third kappa shape index (κ3) is 4.58. The molecule has 1 aromatic carbocycles. The number of aryl methyl sites for hydroxylation is 1. The van der Waals surface area contributed by atoms with Crippen LogP contribution in [0.5, 0.6) is 0 Å². The molecule has 0 unspecified atom stereocenters. The van der Waals surface area contributed by atoms with E-state index in [2.05, 4.69) is 71.4 Å². The molecule has 1 aromatic heterocycles. The van der Waals surface area contributed by atoms with Crippen molar-refractivity contribution in [3.05, 3.63) is 36.0 Å². The average molecular weight is 313 g/mol. The van der Waals surface area contributed by atoms with Gasteiger partial charge in [0.25, 0.3) is 0 Å². The molecule has 2 aromatic rings. The summed E-state index contributed by atoms with van der Waals surface area (Å²) < 4.78 is 0. The maximum Gasteiger partial charge on any atom is 0.229 e. The van der Waals surface area contributed by atoms with Gasteiger partial charge in [-0.2, -0.15) is 4.98 Å². The largest absolute Gasteiger partial charge is 0.372 e. The van der Waals surface area contributed by atoms with E-state index in [1.54, 1.807) is 6.20 Å². The maximum absolute atomic E-state index is 4.49.